The number of pyridine rings is 1. The van der Waals surface area contributed by atoms with Crippen LogP contribution in [0.15, 0.2) is 53.7 Å². The van der Waals surface area contributed by atoms with Crippen molar-refractivity contribution in [3.8, 4) is 5.75 Å². The van der Waals surface area contributed by atoms with Crippen LogP contribution in [0.5, 0.6) is 5.75 Å². The molecule has 0 aliphatic rings. The lowest BCUT2D eigenvalue weighted by Crippen LogP contribution is -2.33. The number of benzene rings is 1. The van der Waals surface area contributed by atoms with Crippen LogP contribution >= 0.6 is 11.3 Å². The first-order valence-electron chi connectivity index (χ1n) is 9.40. The van der Waals surface area contributed by atoms with Crippen LogP contribution in [0.25, 0.3) is 20.4 Å². The Balaban J connectivity index is 1.65. The molecule has 8 heteroatoms. The second-order valence-electron chi connectivity index (χ2n) is 6.46. The number of anilines is 1. The van der Waals surface area contributed by atoms with Gasteiger partial charge in [-0.05, 0) is 49.7 Å². The van der Waals surface area contributed by atoms with Gasteiger partial charge in [0.05, 0.1) is 18.5 Å². The average molecular weight is 408 g/mol. The van der Waals surface area contributed by atoms with Crippen LogP contribution in [-0.4, -0.2) is 27.0 Å². The summed E-state index contributed by atoms with van der Waals surface area (Å²) >= 11 is 1.30. The van der Waals surface area contributed by atoms with Gasteiger partial charge in [0.15, 0.2) is 0 Å². The van der Waals surface area contributed by atoms with Gasteiger partial charge in [0.2, 0.25) is 5.91 Å². The molecule has 1 amide bonds. The lowest BCUT2D eigenvalue weighted by molar-refractivity contribution is -0.119. The third kappa shape index (κ3) is 3.58. The van der Waals surface area contributed by atoms with Crippen LogP contribution in [0.3, 0.4) is 0 Å². The van der Waals surface area contributed by atoms with Gasteiger partial charge in [-0.3, -0.25) is 14.2 Å². The highest BCUT2D eigenvalue weighted by molar-refractivity contribution is 7.25. The zero-order valence-corrected chi connectivity index (χ0v) is 16.9. The van der Waals surface area contributed by atoms with E-state index >= 15 is 0 Å². The number of ether oxygens (including phenoxy) is 1. The molecule has 3 aromatic heterocycles. The first-order valence-corrected chi connectivity index (χ1v) is 10.2. The number of hydrogen-bond acceptors (Lipinski definition) is 6. The van der Waals surface area contributed by atoms with Crippen molar-refractivity contribution >= 4 is 43.4 Å². The van der Waals surface area contributed by atoms with E-state index in [-0.39, 0.29) is 11.5 Å². The fourth-order valence-electron chi connectivity index (χ4n) is 3.24. The number of fused-ring (bicyclic) bond motifs is 3. The largest absolute Gasteiger partial charge is 0.494 e. The van der Waals surface area contributed by atoms with Gasteiger partial charge in [-0.15, -0.1) is 11.3 Å². The number of rotatable bonds is 6. The molecule has 0 radical (unpaired) electrons. The summed E-state index contributed by atoms with van der Waals surface area (Å²) < 4.78 is 7.33. The number of thiophene rings is 1. The van der Waals surface area contributed by atoms with E-state index in [0.29, 0.717) is 28.9 Å². The fraction of sp³-hybridized carbons (Fsp3) is 0.238. The van der Waals surface area contributed by atoms with Gasteiger partial charge in [-0.1, -0.05) is 6.92 Å². The van der Waals surface area contributed by atoms with Crippen LogP contribution in [0.1, 0.15) is 26.3 Å². The molecule has 1 N–H and O–H groups in total. The van der Waals surface area contributed by atoms with Gasteiger partial charge in [0.25, 0.3) is 5.56 Å². The number of carbonyl (C=O) groups is 1. The normalized spacial score (nSPS) is 12.2. The number of carbonyl (C=O) groups excluding carboxylic acids is 1. The molecule has 7 nitrogen and oxygen atoms in total. The molecule has 1 atom stereocenters. The SMILES string of the molecule is CCOc1ccc(NC(=O)[C@@H](CC)n2cnc3c(sc4ncccc43)c2=O)cc1. The number of aromatic nitrogens is 3. The average Bonchev–Trinajstić information content (AvgIpc) is 3.11. The number of nitrogens with one attached hydrogen (secondary N) is 1. The molecular weight excluding hydrogens is 388 g/mol. The van der Waals surface area contributed by atoms with Crippen LogP contribution in [-0.2, 0) is 4.79 Å². The molecule has 0 saturated heterocycles. The van der Waals surface area contributed by atoms with Gasteiger partial charge in [0.1, 0.15) is 21.3 Å². The Kier molecular flexibility index (Phi) is 5.26. The Bertz CT molecular complexity index is 1230. The van der Waals surface area contributed by atoms with Crippen molar-refractivity contribution in [2.24, 2.45) is 0 Å². The van der Waals surface area contributed by atoms with E-state index in [9.17, 15) is 9.59 Å². The lowest BCUT2D eigenvalue weighted by Gasteiger charge is -2.17. The molecule has 4 rings (SSSR count). The molecule has 0 unspecified atom stereocenters. The third-order valence-electron chi connectivity index (χ3n) is 4.64. The summed E-state index contributed by atoms with van der Waals surface area (Å²) in [6.45, 7) is 4.36. The molecule has 1 aromatic carbocycles. The molecule has 0 bridgehead atoms. The predicted molar refractivity (Wildman–Crippen MR) is 115 cm³/mol. The van der Waals surface area contributed by atoms with Crippen molar-refractivity contribution in [1.82, 2.24) is 14.5 Å². The highest BCUT2D eigenvalue weighted by Gasteiger charge is 2.22. The van der Waals surface area contributed by atoms with Gasteiger partial charge >= 0.3 is 0 Å². The summed E-state index contributed by atoms with van der Waals surface area (Å²) in [5.74, 6) is 0.473. The Morgan fingerprint density at radius 2 is 2.00 bits per heavy atom. The Morgan fingerprint density at radius 3 is 2.72 bits per heavy atom. The molecule has 29 heavy (non-hydrogen) atoms. The van der Waals surface area contributed by atoms with Crippen molar-refractivity contribution in [3.05, 3.63) is 59.3 Å². The zero-order chi connectivity index (χ0) is 20.4. The molecule has 4 aromatic rings. The lowest BCUT2D eigenvalue weighted by atomic mass is 10.2. The first-order chi connectivity index (χ1) is 14.1. The second kappa shape index (κ2) is 8.00. The number of amides is 1. The van der Waals surface area contributed by atoms with Crippen molar-refractivity contribution in [1.29, 1.82) is 0 Å². The zero-order valence-electron chi connectivity index (χ0n) is 16.1. The minimum Gasteiger partial charge on any atom is -0.494 e. The predicted octanol–water partition coefficient (Wildman–Crippen LogP) is 3.99. The van der Waals surface area contributed by atoms with Crippen molar-refractivity contribution in [2.45, 2.75) is 26.3 Å². The first kappa shape index (κ1) is 19.1. The summed E-state index contributed by atoms with van der Waals surface area (Å²) in [4.78, 5) is 35.5. The van der Waals surface area contributed by atoms with Crippen LogP contribution < -0.4 is 15.6 Å². The minimum absolute atomic E-state index is 0.230. The summed E-state index contributed by atoms with van der Waals surface area (Å²) in [5, 5.41) is 3.72. The molecule has 0 spiro atoms. The van der Waals surface area contributed by atoms with Crippen molar-refractivity contribution in [3.63, 3.8) is 0 Å². The highest BCUT2D eigenvalue weighted by Crippen LogP contribution is 2.28. The third-order valence-corrected chi connectivity index (χ3v) is 5.73. The quantitative estimate of drug-likeness (QED) is 0.521. The molecule has 0 aliphatic heterocycles. The van der Waals surface area contributed by atoms with Crippen molar-refractivity contribution in [2.75, 3.05) is 11.9 Å². The minimum atomic E-state index is -0.663. The molecule has 3 heterocycles. The van der Waals surface area contributed by atoms with E-state index in [2.05, 4.69) is 15.3 Å². The van der Waals surface area contributed by atoms with Crippen LogP contribution in [0.4, 0.5) is 5.69 Å². The van der Waals surface area contributed by atoms with Gasteiger partial charge in [-0.2, -0.15) is 0 Å². The maximum Gasteiger partial charge on any atom is 0.272 e. The van der Waals surface area contributed by atoms with E-state index < -0.39 is 6.04 Å². The van der Waals surface area contributed by atoms with E-state index in [4.69, 9.17) is 4.74 Å². The van der Waals surface area contributed by atoms with Crippen LogP contribution in [0.2, 0.25) is 0 Å². The monoisotopic (exact) mass is 408 g/mol. The van der Waals surface area contributed by atoms with Crippen LogP contribution in [0, 0.1) is 0 Å². The molecule has 0 saturated carbocycles. The molecular formula is C21H20N4O3S. The summed E-state index contributed by atoms with van der Waals surface area (Å²) in [7, 11) is 0. The standard InChI is InChI=1S/C21H20N4O3S/c1-3-16(19(26)24-13-7-9-14(10-8-13)28-4-2)25-12-23-17-15-6-5-11-22-20(15)29-18(17)21(25)27/h5-12,16H,3-4H2,1-2H3,(H,24,26)/t16-/m1/s1. The summed E-state index contributed by atoms with van der Waals surface area (Å²) in [6, 6.07) is 10.2. The molecule has 0 fully saturated rings. The van der Waals surface area contributed by atoms with E-state index in [1.165, 1.54) is 22.2 Å². The van der Waals surface area contributed by atoms with Gasteiger partial charge in [-0.25, -0.2) is 9.97 Å². The maximum absolute atomic E-state index is 13.1. The number of hydrogen-bond donors (Lipinski definition) is 1. The topological polar surface area (TPSA) is 86.1 Å². The van der Waals surface area contributed by atoms with Gasteiger partial charge < -0.3 is 10.1 Å². The second-order valence-corrected chi connectivity index (χ2v) is 7.46. The summed E-state index contributed by atoms with van der Waals surface area (Å²) in [6.07, 6.45) is 3.60. The Hall–Kier alpha value is -3.26. The maximum atomic E-state index is 13.1. The Labute approximate surface area is 171 Å². The Morgan fingerprint density at radius 1 is 1.21 bits per heavy atom. The fourth-order valence-corrected chi connectivity index (χ4v) is 4.27. The number of nitrogens with zero attached hydrogens (tertiary/aromatic N) is 3. The van der Waals surface area contributed by atoms with E-state index in [1.807, 2.05) is 26.0 Å². The van der Waals surface area contributed by atoms with Crippen molar-refractivity contribution < 1.29 is 9.53 Å². The molecule has 0 aliphatic carbocycles. The summed E-state index contributed by atoms with van der Waals surface area (Å²) in [5.41, 5.74) is 1.04. The van der Waals surface area contributed by atoms with E-state index in [0.717, 1.165) is 16.0 Å². The van der Waals surface area contributed by atoms with Gasteiger partial charge in [0, 0.05) is 17.3 Å². The van der Waals surface area contributed by atoms with E-state index in [1.54, 1.807) is 30.5 Å². The smallest absolute Gasteiger partial charge is 0.272 e. The highest BCUT2D eigenvalue weighted by atomic mass is 32.1. The molecule has 148 valence electrons.